The van der Waals surface area contributed by atoms with Crippen LogP contribution in [0, 0.1) is 12.7 Å². The molecule has 5 heteroatoms. The summed E-state index contributed by atoms with van der Waals surface area (Å²) < 4.78 is 13.2. The number of nitrogens with zero attached hydrogens (tertiary/aromatic N) is 1. The fraction of sp³-hybridized carbons (Fsp3) is 0.176. The Morgan fingerprint density at radius 3 is 2.91 bits per heavy atom. The van der Waals surface area contributed by atoms with Crippen molar-refractivity contribution in [1.82, 2.24) is 15.3 Å². The molecule has 0 atom stereocenters. The first-order valence-corrected chi connectivity index (χ1v) is 7.11. The highest BCUT2D eigenvalue weighted by Crippen LogP contribution is 2.17. The highest BCUT2D eigenvalue weighted by atomic mass is 19.1. The Morgan fingerprint density at radius 1 is 1.27 bits per heavy atom. The number of aromatic amines is 1. The van der Waals surface area contributed by atoms with E-state index in [9.17, 15) is 9.18 Å². The number of pyridine rings is 1. The van der Waals surface area contributed by atoms with E-state index in [1.165, 1.54) is 19.1 Å². The quantitative estimate of drug-likeness (QED) is 0.778. The Kier molecular flexibility index (Phi) is 3.87. The molecular formula is C17H16FN3O. The molecule has 2 N–H and O–H groups in total. The van der Waals surface area contributed by atoms with Crippen LogP contribution < -0.4 is 5.32 Å². The molecule has 4 nitrogen and oxygen atoms in total. The van der Waals surface area contributed by atoms with Gasteiger partial charge < -0.3 is 10.3 Å². The van der Waals surface area contributed by atoms with Gasteiger partial charge in [0.15, 0.2) is 0 Å². The molecule has 1 aromatic carbocycles. The molecule has 0 aliphatic rings. The maximum Gasteiger partial charge on any atom is 0.269 e. The van der Waals surface area contributed by atoms with Gasteiger partial charge in [-0.1, -0.05) is 18.2 Å². The van der Waals surface area contributed by atoms with Gasteiger partial charge in [-0.15, -0.1) is 0 Å². The topological polar surface area (TPSA) is 57.8 Å². The number of benzene rings is 1. The van der Waals surface area contributed by atoms with E-state index in [0.717, 1.165) is 22.9 Å². The van der Waals surface area contributed by atoms with Crippen molar-refractivity contribution in [3.63, 3.8) is 0 Å². The summed E-state index contributed by atoms with van der Waals surface area (Å²) in [4.78, 5) is 19.1. The fourth-order valence-electron chi connectivity index (χ4n) is 2.41. The number of halogens is 1. The summed E-state index contributed by atoms with van der Waals surface area (Å²) in [5.74, 6) is -0.696. The van der Waals surface area contributed by atoms with Crippen molar-refractivity contribution in [1.29, 1.82) is 0 Å². The van der Waals surface area contributed by atoms with Gasteiger partial charge in [-0.3, -0.25) is 4.79 Å². The lowest BCUT2D eigenvalue weighted by atomic mass is 10.1. The fourth-order valence-corrected chi connectivity index (χ4v) is 2.41. The Balaban J connectivity index is 1.63. The monoisotopic (exact) mass is 297 g/mol. The van der Waals surface area contributed by atoms with Crippen molar-refractivity contribution in [2.75, 3.05) is 6.54 Å². The molecule has 3 aromatic rings. The van der Waals surface area contributed by atoms with Gasteiger partial charge in [0.1, 0.15) is 11.5 Å². The molecule has 0 aliphatic heterocycles. The summed E-state index contributed by atoms with van der Waals surface area (Å²) in [6.45, 7) is 2.04. The number of nitrogens with one attached hydrogen (secondary N) is 2. The van der Waals surface area contributed by atoms with E-state index in [2.05, 4.69) is 15.3 Å². The molecule has 0 unspecified atom stereocenters. The van der Waals surface area contributed by atoms with E-state index < -0.39 is 5.82 Å². The first kappa shape index (κ1) is 14.3. The van der Waals surface area contributed by atoms with Gasteiger partial charge in [0.25, 0.3) is 5.91 Å². The highest BCUT2D eigenvalue weighted by molar-refractivity contribution is 5.92. The average Bonchev–Trinajstić information content (AvgIpc) is 2.93. The van der Waals surface area contributed by atoms with Crippen molar-refractivity contribution in [2.24, 2.45) is 0 Å². The number of hydrogen-bond acceptors (Lipinski definition) is 2. The van der Waals surface area contributed by atoms with Crippen LogP contribution in [0.4, 0.5) is 4.39 Å². The molecule has 0 fully saturated rings. The van der Waals surface area contributed by atoms with Crippen LogP contribution >= 0.6 is 0 Å². The van der Waals surface area contributed by atoms with Crippen molar-refractivity contribution in [3.8, 4) is 0 Å². The largest absolute Gasteiger partial charge is 0.361 e. The third-order valence-corrected chi connectivity index (χ3v) is 3.61. The minimum absolute atomic E-state index is 0.226. The number of fused-ring (bicyclic) bond motifs is 1. The van der Waals surface area contributed by atoms with E-state index in [-0.39, 0.29) is 17.3 Å². The number of carbonyl (C=O) groups excluding carboxylic acids is 1. The minimum Gasteiger partial charge on any atom is -0.361 e. The minimum atomic E-state index is -0.407. The molecule has 0 aliphatic carbocycles. The standard InChI is InChI=1S/C17H16FN3O/c1-11-14(18)6-7-16(21-11)17(22)19-9-8-12-10-20-15-5-3-2-4-13(12)15/h2-7,10,20H,8-9H2,1H3,(H,19,22). The number of H-pyrrole nitrogens is 1. The van der Waals surface area contributed by atoms with Gasteiger partial charge in [0, 0.05) is 23.6 Å². The molecule has 0 radical (unpaired) electrons. The first-order chi connectivity index (χ1) is 10.6. The lowest BCUT2D eigenvalue weighted by molar-refractivity contribution is 0.0949. The molecule has 3 rings (SSSR count). The van der Waals surface area contributed by atoms with Gasteiger partial charge in [0.05, 0.1) is 5.69 Å². The number of aromatic nitrogens is 2. The van der Waals surface area contributed by atoms with Crippen LogP contribution in [0.2, 0.25) is 0 Å². The van der Waals surface area contributed by atoms with Crippen molar-refractivity contribution in [2.45, 2.75) is 13.3 Å². The number of aryl methyl sites for hydroxylation is 1. The summed E-state index contributed by atoms with van der Waals surface area (Å²) in [7, 11) is 0. The summed E-state index contributed by atoms with van der Waals surface area (Å²) in [5, 5.41) is 3.97. The van der Waals surface area contributed by atoms with E-state index in [1.54, 1.807) is 0 Å². The van der Waals surface area contributed by atoms with Gasteiger partial charge in [-0.05, 0) is 37.1 Å². The zero-order valence-electron chi connectivity index (χ0n) is 12.2. The Bertz CT molecular complexity index is 826. The molecule has 1 amide bonds. The second kappa shape index (κ2) is 5.97. The molecular weight excluding hydrogens is 281 g/mol. The maximum atomic E-state index is 13.2. The Morgan fingerprint density at radius 2 is 2.09 bits per heavy atom. The first-order valence-electron chi connectivity index (χ1n) is 7.11. The van der Waals surface area contributed by atoms with Gasteiger partial charge in [-0.2, -0.15) is 0 Å². The van der Waals surface area contributed by atoms with Crippen LogP contribution in [0.1, 0.15) is 21.7 Å². The summed E-state index contributed by atoms with van der Waals surface area (Å²) in [6.07, 6.45) is 2.67. The van der Waals surface area contributed by atoms with Crippen molar-refractivity contribution < 1.29 is 9.18 Å². The van der Waals surface area contributed by atoms with Crippen LogP contribution in [0.25, 0.3) is 10.9 Å². The van der Waals surface area contributed by atoms with Crippen LogP contribution in [-0.4, -0.2) is 22.4 Å². The number of amides is 1. The number of para-hydroxylation sites is 1. The summed E-state index contributed by atoms with van der Waals surface area (Å²) >= 11 is 0. The van der Waals surface area contributed by atoms with Crippen LogP contribution in [-0.2, 0) is 6.42 Å². The van der Waals surface area contributed by atoms with E-state index in [4.69, 9.17) is 0 Å². The van der Waals surface area contributed by atoms with Crippen LogP contribution in [0.3, 0.4) is 0 Å². The Hall–Kier alpha value is -2.69. The molecule has 22 heavy (non-hydrogen) atoms. The lowest BCUT2D eigenvalue weighted by Gasteiger charge is -2.05. The second-order valence-corrected chi connectivity index (χ2v) is 5.13. The van der Waals surface area contributed by atoms with Crippen LogP contribution in [0.15, 0.2) is 42.6 Å². The molecule has 0 saturated carbocycles. The maximum absolute atomic E-state index is 13.2. The zero-order valence-corrected chi connectivity index (χ0v) is 12.2. The third kappa shape index (κ3) is 2.83. The molecule has 2 aromatic heterocycles. The van der Waals surface area contributed by atoms with E-state index in [0.29, 0.717) is 6.54 Å². The third-order valence-electron chi connectivity index (χ3n) is 3.61. The van der Waals surface area contributed by atoms with E-state index in [1.807, 2.05) is 30.5 Å². The number of carbonyl (C=O) groups is 1. The van der Waals surface area contributed by atoms with Gasteiger partial charge in [0.2, 0.25) is 0 Å². The molecule has 112 valence electrons. The van der Waals surface area contributed by atoms with Crippen molar-refractivity contribution >= 4 is 16.8 Å². The van der Waals surface area contributed by atoms with Crippen LogP contribution in [0.5, 0.6) is 0 Å². The number of rotatable bonds is 4. The normalized spacial score (nSPS) is 10.8. The Labute approximate surface area is 127 Å². The predicted octanol–water partition coefficient (Wildman–Crippen LogP) is 2.98. The smallest absolute Gasteiger partial charge is 0.269 e. The predicted molar refractivity (Wildman–Crippen MR) is 83.3 cm³/mol. The average molecular weight is 297 g/mol. The molecule has 0 saturated heterocycles. The SMILES string of the molecule is Cc1nc(C(=O)NCCc2c[nH]c3ccccc23)ccc1F. The summed E-state index contributed by atoms with van der Waals surface area (Å²) in [5.41, 5.74) is 2.70. The highest BCUT2D eigenvalue weighted by Gasteiger charge is 2.09. The summed E-state index contributed by atoms with van der Waals surface area (Å²) in [6, 6.07) is 10.7. The zero-order chi connectivity index (χ0) is 15.5. The second-order valence-electron chi connectivity index (χ2n) is 5.13. The lowest BCUT2D eigenvalue weighted by Crippen LogP contribution is -2.26. The van der Waals surface area contributed by atoms with Gasteiger partial charge >= 0.3 is 0 Å². The van der Waals surface area contributed by atoms with E-state index >= 15 is 0 Å². The molecule has 0 bridgehead atoms. The van der Waals surface area contributed by atoms with Gasteiger partial charge in [-0.25, -0.2) is 9.37 Å². The van der Waals surface area contributed by atoms with Crippen molar-refractivity contribution in [3.05, 3.63) is 65.4 Å². The molecule has 0 spiro atoms. The molecule has 2 heterocycles. The number of hydrogen-bond donors (Lipinski definition) is 2.